The van der Waals surface area contributed by atoms with Gasteiger partial charge in [-0.1, -0.05) is 0 Å². The van der Waals surface area contributed by atoms with E-state index in [1.54, 1.807) is 7.05 Å². The van der Waals surface area contributed by atoms with Crippen LogP contribution in [0.3, 0.4) is 0 Å². The van der Waals surface area contributed by atoms with E-state index < -0.39 is 0 Å². The summed E-state index contributed by atoms with van der Waals surface area (Å²) in [5.41, 5.74) is 0. The maximum atomic E-state index is 7.06. The van der Waals surface area contributed by atoms with Gasteiger partial charge in [-0.15, -0.1) is 24.0 Å². The highest BCUT2D eigenvalue weighted by molar-refractivity contribution is 14.0. The summed E-state index contributed by atoms with van der Waals surface area (Å²) >= 11 is 0. The SMILES string of the molecule is CN1OCCC1=N.I. The lowest BCUT2D eigenvalue weighted by atomic mass is 10.4. The van der Waals surface area contributed by atoms with E-state index in [4.69, 9.17) is 10.2 Å². The van der Waals surface area contributed by atoms with Gasteiger partial charge in [0.15, 0.2) is 0 Å². The van der Waals surface area contributed by atoms with Crippen molar-refractivity contribution in [2.75, 3.05) is 13.7 Å². The van der Waals surface area contributed by atoms with Gasteiger partial charge in [0.05, 0.1) is 6.61 Å². The van der Waals surface area contributed by atoms with Gasteiger partial charge in [0.2, 0.25) is 0 Å². The molecule has 1 heterocycles. The summed E-state index contributed by atoms with van der Waals surface area (Å²) in [6.45, 7) is 0.676. The third kappa shape index (κ3) is 1.59. The van der Waals surface area contributed by atoms with Crippen molar-refractivity contribution < 1.29 is 4.84 Å². The molecular formula is C4H9IN2O. The van der Waals surface area contributed by atoms with Crippen molar-refractivity contribution in [2.24, 2.45) is 0 Å². The third-order valence-electron chi connectivity index (χ3n) is 1.00. The normalized spacial score (nSPS) is 18.6. The lowest BCUT2D eigenvalue weighted by Crippen LogP contribution is -2.15. The van der Waals surface area contributed by atoms with Gasteiger partial charge < -0.3 is 0 Å². The molecule has 0 saturated carbocycles. The number of hydroxylamine groups is 2. The summed E-state index contributed by atoms with van der Waals surface area (Å²) in [4.78, 5) is 4.87. The minimum Gasteiger partial charge on any atom is -0.287 e. The molecule has 1 aliphatic rings. The van der Waals surface area contributed by atoms with Crippen LogP contribution in [-0.4, -0.2) is 24.6 Å². The molecule has 8 heavy (non-hydrogen) atoms. The van der Waals surface area contributed by atoms with E-state index in [-0.39, 0.29) is 24.0 Å². The average molecular weight is 228 g/mol. The first kappa shape index (κ1) is 8.16. The zero-order valence-corrected chi connectivity index (χ0v) is 7.01. The van der Waals surface area contributed by atoms with E-state index in [0.717, 1.165) is 6.42 Å². The highest BCUT2D eigenvalue weighted by Gasteiger charge is 2.11. The molecule has 1 fully saturated rings. The molecule has 48 valence electrons. The van der Waals surface area contributed by atoms with Crippen LogP contribution in [0.1, 0.15) is 6.42 Å². The van der Waals surface area contributed by atoms with Crippen LogP contribution in [0.5, 0.6) is 0 Å². The van der Waals surface area contributed by atoms with Crippen LogP contribution in [0.15, 0.2) is 0 Å². The standard InChI is InChI=1S/C4H8N2O.HI/c1-6-4(5)2-3-7-6;/h5H,2-3H2,1H3;1H. The Labute approximate surface area is 65.5 Å². The molecule has 0 bridgehead atoms. The first-order valence-electron chi connectivity index (χ1n) is 2.25. The number of nitrogens with zero attached hydrogens (tertiary/aromatic N) is 1. The Morgan fingerprint density at radius 2 is 2.38 bits per heavy atom. The molecule has 0 aromatic rings. The molecule has 0 aliphatic carbocycles. The molecular weight excluding hydrogens is 219 g/mol. The van der Waals surface area contributed by atoms with Crippen molar-refractivity contribution in [1.29, 1.82) is 5.41 Å². The Balaban J connectivity index is 0.000000490. The maximum absolute atomic E-state index is 7.06. The molecule has 0 radical (unpaired) electrons. The number of hydrogen-bond donors (Lipinski definition) is 1. The van der Waals surface area contributed by atoms with Gasteiger partial charge >= 0.3 is 0 Å². The second-order valence-corrected chi connectivity index (χ2v) is 1.53. The van der Waals surface area contributed by atoms with Crippen molar-refractivity contribution in [3.8, 4) is 0 Å². The first-order valence-corrected chi connectivity index (χ1v) is 2.25. The summed E-state index contributed by atoms with van der Waals surface area (Å²) in [6.07, 6.45) is 0.760. The molecule has 1 aliphatic heterocycles. The Hall–Kier alpha value is 0.160. The van der Waals surface area contributed by atoms with Crippen LogP contribution in [0.2, 0.25) is 0 Å². The summed E-state index contributed by atoms with van der Waals surface area (Å²) in [6, 6.07) is 0. The Morgan fingerprint density at radius 1 is 1.75 bits per heavy atom. The Kier molecular flexibility index (Phi) is 3.30. The Bertz CT molecular complexity index is 96.0. The lowest BCUT2D eigenvalue weighted by Gasteiger charge is -2.05. The van der Waals surface area contributed by atoms with Crippen molar-refractivity contribution in [3.05, 3.63) is 0 Å². The van der Waals surface area contributed by atoms with E-state index in [0.29, 0.717) is 12.4 Å². The minimum atomic E-state index is 0. The topological polar surface area (TPSA) is 36.3 Å². The number of hydrogen-bond acceptors (Lipinski definition) is 2. The van der Waals surface area contributed by atoms with E-state index in [2.05, 4.69) is 0 Å². The van der Waals surface area contributed by atoms with Crippen molar-refractivity contribution >= 4 is 29.8 Å². The number of rotatable bonds is 0. The molecule has 0 spiro atoms. The quantitative estimate of drug-likeness (QED) is 0.624. The van der Waals surface area contributed by atoms with Gasteiger partial charge in [-0.3, -0.25) is 10.2 Å². The molecule has 0 amide bonds. The molecule has 3 nitrogen and oxygen atoms in total. The summed E-state index contributed by atoms with van der Waals surface area (Å²) in [5, 5.41) is 8.54. The van der Waals surface area contributed by atoms with Gasteiger partial charge in [0.1, 0.15) is 5.84 Å². The Morgan fingerprint density at radius 3 is 2.50 bits per heavy atom. The fourth-order valence-electron chi connectivity index (χ4n) is 0.515. The zero-order chi connectivity index (χ0) is 5.28. The van der Waals surface area contributed by atoms with Crippen LogP contribution >= 0.6 is 24.0 Å². The van der Waals surface area contributed by atoms with Crippen LogP contribution in [0.4, 0.5) is 0 Å². The van der Waals surface area contributed by atoms with Gasteiger partial charge in [-0.25, -0.2) is 5.06 Å². The monoisotopic (exact) mass is 228 g/mol. The van der Waals surface area contributed by atoms with Gasteiger partial charge in [-0.05, 0) is 0 Å². The number of amidine groups is 1. The molecule has 4 heteroatoms. The fourth-order valence-corrected chi connectivity index (χ4v) is 0.515. The smallest absolute Gasteiger partial charge is 0.123 e. The summed E-state index contributed by atoms with van der Waals surface area (Å²) in [7, 11) is 1.75. The second-order valence-electron chi connectivity index (χ2n) is 1.53. The van der Waals surface area contributed by atoms with Crippen molar-refractivity contribution in [1.82, 2.24) is 5.06 Å². The highest BCUT2D eigenvalue weighted by Crippen LogP contribution is 2.01. The van der Waals surface area contributed by atoms with Gasteiger partial charge in [0.25, 0.3) is 0 Å². The molecule has 0 aromatic carbocycles. The lowest BCUT2D eigenvalue weighted by molar-refractivity contribution is -0.0481. The number of nitrogens with one attached hydrogen (secondary N) is 1. The molecule has 0 aromatic heterocycles. The van der Waals surface area contributed by atoms with E-state index in [1.165, 1.54) is 5.06 Å². The van der Waals surface area contributed by atoms with E-state index in [1.807, 2.05) is 0 Å². The predicted molar refractivity (Wildman–Crippen MR) is 41.5 cm³/mol. The van der Waals surface area contributed by atoms with Crippen LogP contribution in [0, 0.1) is 5.41 Å². The minimum absolute atomic E-state index is 0. The van der Waals surface area contributed by atoms with E-state index in [9.17, 15) is 0 Å². The highest BCUT2D eigenvalue weighted by atomic mass is 127. The van der Waals surface area contributed by atoms with E-state index >= 15 is 0 Å². The van der Waals surface area contributed by atoms with Crippen LogP contribution in [0.25, 0.3) is 0 Å². The molecule has 0 unspecified atom stereocenters. The predicted octanol–water partition coefficient (Wildman–Crippen LogP) is 0.849. The molecule has 1 N–H and O–H groups in total. The largest absolute Gasteiger partial charge is 0.287 e. The second kappa shape index (κ2) is 3.24. The zero-order valence-electron chi connectivity index (χ0n) is 4.68. The molecule has 1 rings (SSSR count). The van der Waals surface area contributed by atoms with Gasteiger partial charge in [-0.2, -0.15) is 0 Å². The fraction of sp³-hybridized carbons (Fsp3) is 0.750. The summed E-state index contributed by atoms with van der Waals surface area (Å²) in [5.74, 6) is 0.569. The van der Waals surface area contributed by atoms with Crippen molar-refractivity contribution in [3.63, 3.8) is 0 Å². The van der Waals surface area contributed by atoms with Crippen molar-refractivity contribution in [2.45, 2.75) is 6.42 Å². The third-order valence-corrected chi connectivity index (χ3v) is 1.00. The molecule has 0 atom stereocenters. The number of halogens is 1. The maximum Gasteiger partial charge on any atom is 0.123 e. The van der Waals surface area contributed by atoms with Crippen LogP contribution in [-0.2, 0) is 4.84 Å². The molecule has 1 saturated heterocycles. The van der Waals surface area contributed by atoms with Crippen LogP contribution < -0.4 is 0 Å². The average Bonchev–Trinajstić information content (AvgIpc) is 1.91. The first-order chi connectivity index (χ1) is 3.30. The van der Waals surface area contributed by atoms with Gasteiger partial charge in [0, 0.05) is 13.5 Å². The summed E-state index contributed by atoms with van der Waals surface area (Å²) < 4.78 is 0.